The Hall–Kier alpha value is -2.65. The number of thiazole rings is 1. The van der Waals surface area contributed by atoms with E-state index in [4.69, 9.17) is 15.9 Å². The highest BCUT2D eigenvalue weighted by Crippen LogP contribution is 2.35. The molecule has 3 aromatic rings. The molecule has 2 aliphatic heterocycles. The van der Waals surface area contributed by atoms with Crippen molar-refractivity contribution in [1.82, 2.24) is 8.87 Å². The Balaban J connectivity index is 1.55. The summed E-state index contributed by atoms with van der Waals surface area (Å²) < 4.78 is 41.4. The van der Waals surface area contributed by atoms with Crippen molar-refractivity contribution in [2.75, 3.05) is 19.8 Å². The Morgan fingerprint density at radius 3 is 2.78 bits per heavy atom. The Kier molecular flexibility index (Phi) is 5.54. The molecule has 1 amide bonds. The van der Waals surface area contributed by atoms with Gasteiger partial charge >= 0.3 is 0 Å². The fraction of sp³-hybridized carbons (Fsp3) is 0.333. The quantitative estimate of drug-likeness (QED) is 0.525. The number of fused-ring (bicyclic) bond motifs is 2. The third kappa shape index (κ3) is 3.63. The van der Waals surface area contributed by atoms with Gasteiger partial charge in [-0.2, -0.15) is 9.30 Å². The number of hydrogen-bond donors (Lipinski definition) is 0. The Morgan fingerprint density at radius 2 is 2.06 bits per heavy atom. The average molecular weight is 490 g/mol. The van der Waals surface area contributed by atoms with Crippen molar-refractivity contribution in [3.8, 4) is 23.8 Å². The first-order chi connectivity index (χ1) is 15.5. The van der Waals surface area contributed by atoms with E-state index in [-0.39, 0.29) is 10.8 Å². The maximum absolute atomic E-state index is 13.2. The van der Waals surface area contributed by atoms with Crippen molar-refractivity contribution in [3.63, 3.8) is 0 Å². The summed E-state index contributed by atoms with van der Waals surface area (Å²) in [7, 11) is -3.74. The fourth-order valence-electron chi connectivity index (χ4n) is 3.91. The van der Waals surface area contributed by atoms with Crippen molar-refractivity contribution < 1.29 is 22.7 Å². The molecule has 1 saturated heterocycles. The van der Waals surface area contributed by atoms with E-state index in [2.05, 4.69) is 10.9 Å². The van der Waals surface area contributed by atoms with Crippen LogP contribution in [0.15, 0.2) is 38.8 Å². The molecule has 0 saturated carbocycles. The summed E-state index contributed by atoms with van der Waals surface area (Å²) in [6, 6.07) is 6.10. The predicted molar refractivity (Wildman–Crippen MR) is 121 cm³/mol. The van der Waals surface area contributed by atoms with Crippen LogP contribution in [-0.2, 0) is 21.4 Å². The van der Waals surface area contributed by atoms with Crippen LogP contribution in [-0.4, -0.2) is 49.0 Å². The summed E-state index contributed by atoms with van der Waals surface area (Å²) >= 11 is 2.45. The van der Waals surface area contributed by atoms with Crippen LogP contribution in [0.4, 0.5) is 0 Å². The van der Waals surface area contributed by atoms with E-state index in [1.807, 2.05) is 12.1 Å². The first kappa shape index (κ1) is 21.2. The van der Waals surface area contributed by atoms with Crippen molar-refractivity contribution in [3.05, 3.63) is 34.4 Å². The van der Waals surface area contributed by atoms with Crippen LogP contribution < -0.4 is 14.3 Å². The van der Waals surface area contributed by atoms with Crippen LogP contribution >= 0.6 is 22.7 Å². The second-order valence-electron chi connectivity index (χ2n) is 7.29. The lowest BCUT2D eigenvalue weighted by Crippen LogP contribution is -2.40. The number of amides is 1. The standard InChI is InChI=1S/C21H19N3O5S3/c1-2-7-23-15-12-16-17(29-10-9-28-16)13-18(15)31-21(23)22-20(25)14-5-3-8-24(14)32(26,27)19-6-4-11-30-19/h1,4,6,11-14H,3,5,7-10H2. The molecule has 2 aromatic heterocycles. The van der Waals surface area contributed by atoms with Gasteiger partial charge in [-0.3, -0.25) is 4.79 Å². The van der Waals surface area contributed by atoms with Crippen molar-refractivity contribution in [2.45, 2.75) is 29.6 Å². The number of carbonyl (C=O) groups excluding carboxylic acids is 1. The van der Waals surface area contributed by atoms with Gasteiger partial charge in [-0.15, -0.1) is 17.8 Å². The number of sulfonamides is 1. The van der Waals surface area contributed by atoms with Gasteiger partial charge in [0, 0.05) is 18.7 Å². The molecule has 0 aliphatic carbocycles. The van der Waals surface area contributed by atoms with E-state index < -0.39 is 22.0 Å². The molecular formula is C21H19N3O5S3. The fourth-order valence-corrected chi connectivity index (χ4v) is 7.72. The molecule has 0 bridgehead atoms. The molecular weight excluding hydrogens is 470 g/mol. The van der Waals surface area contributed by atoms with Gasteiger partial charge in [-0.1, -0.05) is 23.3 Å². The molecule has 0 N–H and O–H groups in total. The maximum Gasteiger partial charge on any atom is 0.266 e. The minimum Gasteiger partial charge on any atom is -0.486 e. The van der Waals surface area contributed by atoms with E-state index in [0.717, 1.165) is 21.6 Å². The van der Waals surface area contributed by atoms with Gasteiger partial charge in [0.25, 0.3) is 15.9 Å². The number of nitrogens with zero attached hydrogens (tertiary/aromatic N) is 3. The number of hydrogen-bond acceptors (Lipinski definition) is 7. The molecule has 1 aromatic carbocycles. The summed E-state index contributed by atoms with van der Waals surface area (Å²) in [5.74, 6) is 3.37. The first-order valence-corrected chi connectivity index (χ1v) is 13.1. The monoisotopic (exact) mass is 489 g/mol. The van der Waals surface area contributed by atoms with E-state index in [9.17, 15) is 13.2 Å². The average Bonchev–Trinajstić information content (AvgIpc) is 3.54. The van der Waals surface area contributed by atoms with E-state index in [0.29, 0.717) is 48.9 Å². The van der Waals surface area contributed by atoms with Crippen LogP contribution in [0, 0.1) is 12.3 Å². The number of terminal acetylenes is 1. The SMILES string of the molecule is C#CCn1c(=NC(=O)C2CCCN2S(=O)(=O)c2cccs2)sc2cc3c(cc21)OCCO3. The lowest BCUT2D eigenvalue weighted by atomic mass is 10.2. The van der Waals surface area contributed by atoms with Gasteiger partial charge in [0.05, 0.1) is 16.8 Å². The normalized spacial score (nSPS) is 19.3. The van der Waals surface area contributed by atoms with Crippen molar-refractivity contribution >= 4 is 48.8 Å². The molecule has 0 radical (unpaired) electrons. The zero-order valence-electron chi connectivity index (χ0n) is 16.9. The zero-order valence-corrected chi connectivity index (χ0v) is 19.3. The lowest BCUT2D eigenvalue weighted by molar-refractivity contribution is -0.121. The molecule has 166 valence electrons. The number of carbonyl (C=O) groups is 1. The highest BCUT2D eigenvalue weighted by molar-refractivity contribution is 7.91. The minimum atomic E-state index is -3.74. The maximum atomic E-state index is 13.2. The van der Waals surface area contributed by atoms with E-state index in [1.165, 1.54) is 15.6 Å². The van der Waals surface area contributed by atoms with Crippen LogP contribution in [0.5, 0.6) is 11.5 Å². The molecule has 0 spiro atoms. The molecule has 8 nitrogen and oxygen atoms in total. The van der Waals surface area contributed by atoms with Crippen LogP contribution in [0.2, 0.25) is 0 Å². The summed E-state index contributed by atoms with van der Waals surface area (Å²) in [4.78, 5) is 17.9. The molecule has 4 heterocycles. The minimum absolute atomic E-state index is 0.216. The topological polar surface area (TPSA) is 90.2 Å². The van der Waals surface area contributed by atoms with Gasteiger partial charge in [-0.25, -0.2) is 8.42 Å². The lowest BCUT2D eigenvalue weighted by Gasteiger charge is -2.20. The molecule has 11 heteroatoms. The largest absolute Gasteiger partial charge is 0.486 e. The third-order valence-corrected chi connectivity index (χ3v) is 9.67. The van der Waals surface area contributed by atoms with Gasteiger partial charge in [0.15, 0.2) is 16.3 Å². The van der Waals surface area contributed by atoms with Gasteiger partial charge in [-0.05, 0) is 24.3 Å². The highest BCUT2D eigenvalue weighted by Gasteiger charge is 2.40. The Morgan fingerprint density at radius 1 is 1.28 bits per heavy atom. The third-order valence-electron chi connectivity index (χ3n) is 5.35. The van der Waals surface area contributed by atoms with Crippen molar-refractivity contribution in [2.24, 2.45) is 4.99 Å². The summed E-state index contributed by atoms with van der Waals surface area (Å²) in [5, 5.41) is 1.71. The number of ether oxygens (including phenoxy) is 2. The van der Waals surface area contributed by atoms with Crippen molar-refractivity contribution in [1.29, 1.82) is 0 Å². The Bertz CT molecular complexity index is 1400. The van der Waals surface area contributed by atoms with Crippen LogP contribution in [0.3, 0.4) is 0 Å². The highest BCUT2D eigenvalue weighted by atomic mass is 32.2. The second-order valence-corrected chi connectivity index (χ2v) is 11.4. The second kappa shape index (κ2) is 8.37. The molecule has 1 atom stereocenters. The molecule has 2 aliphatic rings. The predicted octanol–water partition coefficient (Wildman–Crippen LogP) is 2.45. The summed E-state index contributed by atoms with van der Waals surface area (Å²) in [5.41, 5.74) is 0.790. The first-order valence-electron chi connectivity index (χ1n) is 9.99. The van der Waals surface area contributed by atoms with E-state index >= 15 is 0 Å². The van der Waals surface area contributed by atoms with Gasteiger partial charge in [0.2, 0.25) is 0 Å². The smallest absolute Gasteiger partial charge is 0.266 e. The zero-order chi connectivity index (χ0) is 22.3. The summed E-state index contributed by atoms with van der Waals surface area (Å²) in [6.07, 6.45) is 6.61. The summed E-state index contributed by atoms with van der Waals surface area (Å²) in [6.45, 7) is 1.45. The Labute approximate surface area is 192 Å². The molecule has 1 unspecified atom stereocenters. The number of benzene rings is 1. The van der Waals surface area contributed by atoms with E-state index in [1.54, 1.807) is 22.1 Å². The van der Waals surface area contributed by atoms with Crippen LogP contribution in [0.25, 0.3) is 10.2 Å². The number of rotatable bonds is 4. The number of aromatic nitrogens is 1. The van der Waals surface area contributed by atoms with Crippen LogP contribution in [0.1, 0.15) is 12.8 Å². The molecule has 32 heavy (non-hydrogen) atoms. The van der Waals surface area contributed by atoms with Gasteiger partial charge in [0.1, 0.15) is 23.5 Å². The molecule has 1 fully saturated rings. The number of thiophene rings is 1. The molecule has 5 rings (SSSR count). The van der Waals surface area contributed by atoms with Gasteiger partial charge < -0.3 is 14.0 Å².